The molecule has 0 radical (unpaired) electrons. The molecule has 6 heteroatoms. The van der Waals surface area contributed by atoms with E-state index in [9.17, 15) is 13.6 Å². The molecule has 0 aromatic carbocycles. The lowest BCUT2D eigenvalue weighted by atomic mass is 10.4. The number of rotatable bonds is 4. The van der Waals surface area contributed by atoms with Crippen molar-refractivity contribution in [3.63, 3.8) is 0 Å². The summed E-state index contributed by atoms with van der Waals surface area (Å²) in [6, 6.07) is 1.23. The van der Waals surface area contributed by atoms with Gasteiger partial charge >= 0.3 is 12.6 Å². The molecule has 0 aliphatic carbocycles. The van der Waals surface area contributed by atoms with Crippen molar-refractivity contribution in [3.05, 3.63) is 16.3 Å². The third-order valence-electron chi connectivity index (χ3n) is 1.28. The number of carbonyl (C=O) groups is 1. The summed E-state index contributed by atoms with van der Waals surface area (Å²) in [5.41, 5.74) is 0. The predicted molar refractivity (Wildman–Crippen MR) is 46.9 cm³/mol. The molecule has 14 heavy (non-hydrogen) atoms. The third-order valence-corrected chi connectivity index (χ3v) is 2.17. The molecule has 0 saturated carbocycles. The van der Waals surface area contributed by atoms with E-state index < -0.39 is 12.6 Å². The minimum absolute atomic E-state index is 0.0203. The van der Waals surface area contributed by atoms with E-state index >= 15 is 0 Å². The minimum atomic E-state index is -2.88. The Bertz CT molecular complexity index is 311. The predicted octanol–water partition coefficient (Wildman–Crippen LogP) is 2.53. The molecule has 0 spiro atoms. The van der Waals surface area contributed by atoms with Crippen LogP contribution in [0, 0.1) is 0 Å². The van der Waals surface area contributed by atoms with Gasteiger partial charge in [-0.05, 0) is 6.92 Å². The second-order valence-corrected chi connectivity index (χ2v) is 3.16. The highest BCUT2D eigenvalue weighted by Gasteiger charge is 2.12. The van der Waals surface area contributed by atoms with Gasteiger partial charge in [0.1, 0.15) is 10.6 Å². The van der Waals surface area contributed by atoms with Gasteiger partial charge in [0.2, 0.25) is 0 Å². The fraction of sp³-hybridized carbons (Fsp3) is 0.375. The van der Waals surface area contributed by atoms with Gasteiger partial charge < -0.3 is 9.47 Å². The van der Waals surface area contributed by atoms with Crippen LogP contribution in [-0.4, -0.2) is 19.2 Å². The van der Waals surface area contributed by atoms with E-state index in [1.807, 2.05) is 0 Å². The van der Waals surface area contributed by atoms with Crippen molar-refractivity contribution in [3.8, 4) is 5.75 Å². The molecule has 78 valence electrons. The fourth-order valence-corrected chi connectivity index (χ4v) is 1.50. The van der Waals surface area contributed by atoms with Crippen LogP contribution >= 0.6 is 11.3 Å². The maximum absolute atomic E-state index is 11.7. The van der Waals surface area contributed by atoms with Crippen molar-refractivity contribution in [1.29, 1.82) is 0 Å². The van der Waals surface area contributed by atoms with Crippen LogP contribution in [0.2, 0.25) is 0 Å². The first-order valence-corrected chi connectivity index (χ1v) is 4.72. The molecule has 0 saturated heterocycles. The number of hydrogen-bond acceptors (Lipinski definition) is 4. The molecule has 0 N–H and O–H groups in total. The summed E-state index contributed by atoms with van der Waals surface area (Å²) >= 11 is 1.01. The van der Waals surface area contributed by atoms with Crippen molar-refractivity contribution in [2.45, 2.75) is 13.5 Å². The number of hydrogen-bond donors (Lipinski definition) is 0. The highest BCUT2D eigenvalue weighted by atomic mass is 32.1. The smallest absolute Gasteiger partial charge is 0.387 e. The first kappa shape index (κ1) is 10.9. The lowest BCUT2D eigenvalue weighted by Crippen LogP contribution is -2.03. The number of thiophene rings is 1. The van der Waals surface area contributed by atoms with Gasteiger partial charge in [0.25, 0.3) is 0 Å². The minimum Gasteiger partial charge on any atom is -0.462 e. The normalized spacial score (nSPS) is 10.3. The zero-order valence-electron chi connectivity index (χ0n) is 7.33. The Balaban J connectivity index is 2.63. The van der Waals surface area contributed by atoms with Crippen LogP contribution in [0.5, 0.6) is 5.75 Å². The average Bonchev–Trinajstić information content (AvgIpc) is 2.52. The maximum atomic E-state index is 11.7. The van der Waals surface area contributed by atoms with E-state index in [1.54, 1.807) is 6.92 Å². The summed E-state index contributed by atoms with van der Waals surface area (Å²) < 4.78 is 32.3. The maximum Gasteiger partial charge on any atom is 0.387 e. The van der Waals surface area contributed by atoms with Crippen molar-refractivity contribution >= 4 is 17.3 Å². The molecule has 1 rings (SSSR count). The van der Waals surface area contributed by atoms with Gasteiger partial charge in [-0.2, -0.15) is 8.78 Å². The Labute approximate surface area is 83.3 Å². The van der Waals surface area contributed by atoms with Gasteiger partial charge in [-0.1, -0.05) is 0 Å². The van der Waals surface area contributed by atoms with Crippen LogP contribution in [0.3, 0.4) is 0 Å². The Morgan fingerprint density at radius 1 is 1.64 bits per heavy atom. The van der Waals surface area contributed by atoms with E-state index in [0.29, 0.717) is 0 Å². The molecule has 3 nitrogen and oxygen atoms in total. The van der Waals surface area contributed by atoms with Crippen LogP contribution in [0.25, 0.3) is 0 Å². The van der Waals surface area contributed by atoms with Crippen LogP contribution in [0.1, 0.15) is 16.6 Å². The standard InChI is InChI=1S/C8H8F2O3S/c1-2-12-7(11)6-3-5(4-14-6)13-8(9)10/h3-4,8H,2H2,1H3. The van der Waals surface area contributed by atoms with Crippen LogP contribution in [0.4, 0.5) is 8.78 Å². The number of halogens is 2. The highest BCUT2D eigenvalue weighted by Crippen LogP contribution is 2.23. The monoisotopic (exact) mass is 222 g/mol. The molecule has 0 bridgehead atoms. The third kappa shape index (κ3) is 2.95. The Morgan fingerprint density at radius 3 is 2.93 bits per heavy atom. The summed E-state index contributed by atoms with van der Waals surface area (Å²) in [6.45, 7) is -0.955. The van der Waals surface area contributed by atoms with Gasteiger partial charge in [0.15, 0.2) is 0 Å². The summed E-state index contributed by atoms with van der Waals surface area (Å²) in [7, 11) is 0. The second kappa shape index (κ2) is 4.90. The van der Waals surface area contributed by atoms with Crippen molar-refractivity contribution in [2.24, 2.45) is 0 Å². The first-order valence-electron chi connectivity index (χ1n) is 3.84. The van der Waals surface area contributed by atoms with Gasteiger partial charge in [-0.3, -0.25) is 0 Å². The lowest BCUT2D eigenvalue weighted by molar-refractivity contribution is -0.0496. The highest BCUT2D eigenvalue weighted by molar-refractivity contribution is 7.12. The van der Waals surface area contributed by atoms with Gasteiger partial charge in [-0.15, -0.1) is 11.3 Å². The van der Waals surface area contributed by atoms with E-state index in [-0.39, 0.29) is 17.2 Å². The van der Waals surface area contributed by atoms with Gasteiger partial charge in [-0.25, -0.2) is 4.79 Å². The van der Waals surface area contributed by atoms with Crippen LogP contribution < -0.4 is 4.74 Å². The second-order valence-electron chi connectivity index (χ2n) is 2.25. The molecule has 0 unspecified atom stereocenters. The number of ether oxygens (including phenoxy) is 2. The molecule has 0 atom stereocenters. The van der Waals surface area contributed by atoms with Crippen LogP contribution in [0.15, 0.2) is 11.4 Å². The Morgan fingerprint density at radius 2 is 2.36 bits per heavy atom. The zero-order chi connectivity index (χ0) is 10.6. The average molecular weight is 222 g/mol. The van der Waals surface area contributed by atoms with E-state index in [0.717, 1.165) is 11.3 Å². The molecule has 0 aliphatic heterocycles. The molecule has 1 aromatic heterocycles. The zero-order valence-corrected chi connectivity index (χ0v) is 8.14. The molecular formula is C8H8F2O3S. The van der Waals surface area contributed by atoms with Crippen molar-refractivity contribution < 1.29 is 23.0 Å². The number of alkyl halides is 2. The lowest BCUT2D eigenvalue weighted by Gasteiger charge is -1.99. The largest absolute Gasteiger partial charge is 0.462 e. The molecule has 1 heterocycles. The van der Waals surface area contributed by atoms with Crippen molar-refractivity contribution in [1.82, 2.24) is 0 Å². The topological polar surface area (TPSA) is 35.5 Å². The van der Waals surface area contributed by atoms with Gasteiger partial charge in [0, 0.05) is 11.4 Å². The van der Waals surface area contributed by atoms with Crippen LogP contribution in [-0.2, 0) is 4.74 Å². The van der Waals surface area contributed by atoms with E-state index in [2.05, 4.69) is 9.47 Å². The summed E-state index contributed by atoms with van der Waals surface area (Å²) in [6.07, 6.45) is 0. The van der Waals surface area contributed by atoms with E-state index in [1.165, 1.54) is 11.4 Å². The number of esters is 1. The molecule has 0 fully saturated rings. The van der Waals surface area contributed by atoms with Gasteiger partial charge in [0.05, 0.1) is 6.61 Å². The SMILES string of the molecule is CCOC(=O)c1cc(OC(F)F)cs1. The molecule has 1 aromatic rings. The Kier molecular flexibility index (Phi) is 3.82. The summed E-state index contributed by atoms with van der Waals surface area (Å²) in [4.78, 5) is 11.3. The quantitative estimate of drug-likeness (QED) is 0.734. The summed E-state index contributed by atoms with van der Waals surface area (Å²) in [5.74, 6) is -0.547. The molecule has 0 amide bonds. The molecular weight excluding hydrogens is 214 g/mol. The van der Waals surface area contributed by atoms with Crippen molar-refractivity contribution in [2.75, 3.05) is 6.61 Å². The summed E-state index contributed by atoms with van der Waals surface area (Å²) in [5, 5.41) is 1.33. The number of carbonyl (C=O) groups excluding carboxylic acids is 1. The fourth-order valence-electron chi connectivity index (χ4n) is 0.793. The Hall–Kier alpha value is -1.17. The van der Waals surface area contributed by atoms with E-state index in [4.69, 9.17) is 0 Å². The molecule has 0 aliphatic rings. The first-order chi connectivity index (χ1) is 6.63.